The van der Waals surface area contributed by atoms with Gasteiger partial charge < -0.3 is 11.5 Å². The molecule has 0 aliphatic heterocycles. The van der Waals surface area contributed by atoms with Crippen LogP contribution in [0.15, 0.2) is 34.9 Å². The average molecular weight is 325 g/mol. The van der Waals surface area contributed by atoms with Gasteiger partial charge in [-0.1, -0.05) is 12.2 Å². The maximum Gasteiger partial charge on any atom is 0.269 e. The number of rotatable bonds is 3. The van der Waals surface area contributed by atoms with Crippen LogP contribution in [0.2, 0.25) is 0 Å². The molecule has 5 nitrogen and oxygen atoms in total. The second kappa shape index (κ2) is 4.87. The van der Waals surface area contributed by atoms with E-state index in [1.54, 1.807) is 29.1 Å². The number of thiocarbonyl (C=S) groups is 1. The summed E-state index contributed by atoms with van der Waals surface area (Å²) in [6, 6.07) is 6.95. The maximum atomic E-state index is 11.0. The van der Waals surface area contributed by atoms with Crippen LogP contribution in [0.3, 0.4) is 0 Å². The number of hydrogen-bond acceptors (Lipinski definition) is 3. The predicted molar refractivity (Wildman–Crippen MR) is 75.7 cm³/mol. The van der Waals surface area contributed by atoms with Gasteiger partial charge in [0.15, 0.2) is 0 Å². The minimum atomic E-state index is -0.562. The van der Waals surface area contributed by atoms with Gasteiger partial charge in [-0.3, -0.25) is 4.79 Å². The molecule has 0 bridgehead atoms. The van der Waals surface area contributed by atoms with Gasteiger partial charge in [-0.05, 0) is 40.2 Å². The molecule has 0 spiro atoms. The Morgan fingerprint density at radius 3 is 2.56 bits per heavy atom. The summed E-state index contributed by atoms with van der Waals surface area (Å²) in [4.78, 5) is 11.3. The molecule has 4 N–H and O–H groups in total. The summed E-state index contributed by atoms with van der Waals surface area (Å²) >= 11 is 8.29. The topological polar surface area (TPSA) is 86.9 Å². The zero-order valence-corrected chi connectivity index (χ0v) is 11.5. The van der Waals surface area contributed by atoms with Gasteiger partial charge >= 0.3 is 0 Å². The lowest BCUT2D eigenvalue weighted by atomic mass is 10.2. The third-order valence-electron chi connectivity index (χ3n) is 2.32. The molecule has 0 radical (unpaired) electrons. The van der Waals surface area contributed by atoms with E-state index in [1.165, 1.54) is 0 Å². The van der Waals surface area contributed by atoms with Crippen LogP contribution >= 0.6 is 28.1 Å². The Morgan fingerprint density at radius 2 is 2.06 bits per heavy atom. The lowest BCUT2D eigenvalue weighted by Gasteiger charge is -2.06. The molecule has 0 fully saturated rings. The number of halogens is 1. The van der Waals surface area contributed by atoms with Crippen molar-refractivity contribution in [3.63, 3.8) is 0 Å². The van der Waals surface area contributed by atoms with Crippen molar-refractivity contribution in [2.24, 2.45) is 11.5 Å². The Balaban J connectivity index is 2.42. The van der Waals surface area contributed by atoms with E-state index in [1.807, 2.05) is 6.07 Å². The monoisotopic (exact) mass is 324 g/mol. The van der Waals surface area contributed by atoms with E-state index in [0.29, 0.717) is 4.99 Å². The van der Waals surface area contributed by atoms with Crippen molar-refractivity contribution in [3.05, 3.63) is 46.2 Å². The quantitative estimate of drug-likeness (QED) is 0.835. The van der Waals surface area contributed by atoms with Gasteiger partial charge in [0.25, 0.3) is 5.91 Å². The molecule has 0 unspecified atom stereocenters. The van der Waals surface area contributed by atoms with Crippen LogP contribution in [0, 0.1) is 0 Å². The Morgan fingerprint density at radius 1 is 1.33 bits per heavy atom. The van der Waals surface area contributed by atoms with Crippen molar-refractivity contribution in [2.75, 3.05) is 0 Å². The Bertz CT molecular complexity index is 638. The number of nitrogens with two attached hydrogens (primary N) is 2. The number of hydrogen-bond donors (Lipinski definition) is 2. The highest BCUT2D eigenvalue weighted by Crippen LogP contribution is 2.20. The molecule has 0 aliphatic carbocycles. The number of carbonyl (C=O) groups excluding carboxylic acids is 1. The highest BCUT2D eigenvalue weighted by atomic mass is 79.9. The molecule has 1 aromatic carbocycles. The largest absolute Gasteiger partial charge is 0.389 e. The highest BCUT2D eigenvalue weighted by Gasteiger charge is 2.08. The fraction of sp³-hybridized carbons (Fsp3) is 0. The van der Waals surface area contributed by atoms with Crippen molar-refractivity contribution in [1.29, 1.82) is 0 Å². The molecule has 18 heavy (non-hydrogen) atoms. The van der Waals surface area contributed by atoms with Crippen molar-refractivity contribution >= 4 is 39.0 Å². The number of carbonyl (C=O) groups is 1. The lowest BCUT2D eigenvalue weighted by Crippen LogP contribution is -2.12. The molecule has 0 atom stereocenters. The maximum absolute atomic E-state index is 11.0. The summed E-state index contributed by atoms with van der Waals surface area (Å²) in [6.45, 7) is 0. The first-order valence-corrected chi connectivity index (χ1v) is 6.14. The van der Waals surface area contributed by atoms with Crippen molar-refractivity contribution in [3.8, 4) is 5.69 Å². The second-order valence-electron chi connectivity index (χ2n) is 3.54. The molecule has 0 saturated heterocycles. The molecule has 7 heteroatoms. The van der Waals surface area contributed by atoms with Gasteiger partial charge in [-0.15, -0.1) is 0 Å². The minimum Gasteiger partial charge on any atom is -0.389 e. The molecular formula is C11H9BrN4OS. The van der Waals surface area contributed by atoms with Crippen LogP contribution in [0.5, 0.6) is 0 Å². The number of aromatic nitrogens is 2. The summed E-state index contributed by atoms with van der Waals surface area (Å²) in [5, 5.41) is 4.05. The van der Waals surface area contributed by atoms with Crippen LogP contribution in [-0.2, 0) is 0 Å². The van der Waals surface area contributed by atoms with Crippen LogP contribution in [0.4, 0.5) is 0 Å². The molecule has 0 aliphatic rings. The lowest BCUT2D eigenvalue weighted by molar-refractivity contribution is 0.0995. The first kappa shape index (κ1) is 12.7. The Kier molecular flexibility index (Phi) is 3.44. The van der Waals surface area contributed by atoms with E-state index in [9.17, 15) is 4.79 Å². The smallest absolute Gasteiger partial charge is 0.269 e. The number of nitrogens with zero attached hydrogens (tertiary/aromatic N) is 2. The fourth-order valence-electron chi connectivity index (χ4n) is 1.45. The normalized spacial score (nSPS) is 10.3. The van der Waals surface area contributed by atoms with Crippen molar-refractivity contribution in [2.45, 2.75) is 0 Å². The van der Waals surface area contributed by atoms with E-state index >= 15 is 0 Å². The van der Waals surface area contributed by atoms with Gasteiger partial charge in [0, 0.05) is 16.2 Å². The molecule has 2 rings (SSSR count). The summed E-state index contributed by atoms with van der Waals surface area (Å²) in [6.07, 6.45) is 1.66. The highest BCUT2D eigenvalue weighted by molar-refractivity contribution is 9.10. The zero-order chi connectivity index (χ0) is 13.3. The molecular weight excluding hydrogens is 316 g/mol. The zero-order valence-electron chi connectivity index (χ0n) is 9.13. The average Bonchev–Trinajstić information content (AvgIpc) is 2.77. The molecule has 1 amide bonds. The van der Waals surface area contributed by atoms with Gasteiger partial charge in [-0.2, -0.15) is 5.10 Å². The van der Waals surface area contributed by atoms with Crippen LogP contribution < -0.4 is 11.5 Å². The summed E-state index contributed by atoms with van der Waals surface area (Å²) < 4.78 is 2.32. The van der Waals surface area contributed by atoms with Gasteiger partial charge in [-0.25, -0.2) is 4.68 Å². The van der Waals surface area contributed by atoms with Gasteiger partial charge in [0.2, 0.25) is 0 Å². The number of primary amides is 1. The molecule has 0 saturated carbocycles. The summed E-state index contributed by atoms with van der Waals surface area (Å²) in [5.41, 5.74) is 12.4. The van der Waals surface area contributed by atoms with E-state index in [2.05, 4.69) is 21.0 Å². The molecule has 1 aromatic heterocycles. The van der Waals surface area contributed by atoms with Crippen LogP contribution in [0.1, 0.15) is 16.1 Å². The van der Waals surface area contributed by atoms with Crippen molar-refractivity contribution < 1.29 is 4.79 Å². The first-order valence-electron chi connectivity index (χ1n) is 4.94. The second-order valence-corrected chi connectivity index (χ2v) is 4.83. The summed E-state index contributed by atoms with van der Waals surface area (Å²) in [7, 11) is 0. The standard InChI is InChI=1S/C11H9BrN4OS/c12-8-5-6(1-2-7(8)11(14)18)16-4-3-9(15-16)10(13)17/h1-5H,(H2,13,17)(H2,14,18). The third kappa shape index (κ3) is 2.41. The van der Waals surface area contributed by atoms with E-state index < -0.39 is 5.91 Å². The van der Waals surface area contributed by atoms with E-state index in [4.69, 9.17) is 23.7 Å². The van der Waals surface area contributed by atoms with Crippen LogP contribution in [0.25, 0.3) is 5.69 Å². The van der Waals surface area contributed by atoms with Gasteiger partial charge in [0.1, 0.15) is 10.7 Å². The van der Waals surface area contributed by atoms with E-state index in [0.717, 1.165) is 15.7 Å². The van der Waals surface area contributed by atoms with Gasteiger partial charge in [0.05, 0.1) is 5.69 Å². The SMILES string of the molecule is NC(=O)c1ccn(-c2ccc(C(N)=S)c(Br)c2)n1. The molecule has 92 valence electrons. The third-order valence-corrected chi connectivity index (χ3v) is 3.20. The van der Waals surface area contributed by atoms with E-state index in [-0.39, 0.29) is 5.69 Å². The van der Waals surface area contributed by atoms with Crippen LogP contribution in [-0.4, -0.2) is 20.7 Å². The summed E-state index contributed by atoms with van der Waals surface area (Å²) in [5.74, 6) is -0.562. The fourth-order valence-corrected chi connectivity index (χ4v) is 2.34. The predicted octanol–water partition coefficient (Wildman–Crippen LogP) is 1.37. The molecule has 1 heterocycles. The number of benzene rings is 1. The minimum absolute atomic E-state index is 0.213. The Labute approximate surface area is 117 Å². The molecule has 2 aromatic rings. The Hall–Kier alpha value is -1.73. The van der Waals surface area contributed by atoms with Crippen molar-refractivity contribution in [1.82, 2.24) is 9.78 Å². The first-order chi connectivity index (χ1) is 8.49. The number of amides is 1.